The number of benzene rings is 1. The van der Waals surface area contributed by atoms with Crippen LogP contribution in [0.1, 0.15) is 69.2 Å². The second kappa shape index (κ2) is 10.3. The molecule has 0 saturated carbocycles. The van der Waals surface area contributed by atoms with Crippen molar-refractivity contribution in [2.24, 2.45) is 0 Å². The van der Waals surface area contributed by atoms with E-state index in [0.29, 0.717) is 13.1 Å². The largest absolute Gasteiger partial charge is 0.452 e. The first kappa shape index (κ1) is 24.0. The van der Waals surface area contributed by atoms with Crippen molar-refractivity contribution < 1.29 is 22.7 Å². The van der Waals surface area contributed by atoms with Crippen molar-refractivity contribution in [3.8, 4) is 0 Å². The lowest BCUT2D eigenvalue weighted by atomic mass is 9.97. The van der Waals surface area contributed by atoms with Crippen LogP contribution >= 0.6 is 11.6 Å². The first-order valence-corrected chi connectivity index (χ1v) is 12.8. The standard InChI is InChI=1S/C22H31ClN2O5S/c1-16-8-7-9-17(2)25(16)21(26)15-30-22(27)18-10-11-19(23)20(14-18)31(28,29)24-12-5-3-4-6-13-24/h10-11,14,16-17H,3-9,12-13,15H2,1-2H3/t16-,17-/m1/s1. The lowest BCUT2D eigenvalue weighted by molar-refractivity contribution is -0.140. The van der Waals surface area contributed by atoms with Crippen LogP contribution in [0.5, 0.6) is 0 Å². The Kier molecular flexibility index (Phi) is 7.99. The van der Waals surface area contributed by atoms with Gasteiger partial charge in [0.05, 0.1) is 10.6 Å². The van der Waals surface area contributed by atoms with Crippen LogP contribution in [0.3, 0.4) is 0 Å². The monoisotopic (exact) mass is 470 g/mol. The molecule has 2 heterocycles. The van der Waals surface area contributed by atoms with Crippen molar-refractivity contribution in [2.75, 3.05) is 19.7 Å². The molecule has 1 aromatic carbocycles. The summed E-state index contributed by atoms with van der Waals surface area (Å²) in [6.45, 7) is 4.50. The predicted octanol–water partition coefficient (Wildman–Crippen LogP) is 3.85. The highest BCUT2D eigenvalue weighted by atomic mass is 35.5. The van der Waals surface area contributed by atoms with Crippen molar-refractivity contribution in [1.82, 2.24) is 9.21 Å². The Labute approximate surface area is 189 Å². The van der Waals surface area contributed by atoms with Crippen LogP contribution in [0.2, 0.25) is 5.02 Å². The Morgan fingerprint density at radius 2 is 1.65 bits per heavy atom. The number of likely N-dealkylation sites (tertiary alicyclic amines) is 1. The second-order valence-electron chi connectivity index (χ2n) is 8.47. The molecule has 0 aromatic heterocycles. The molecule has 9 heteroatoms. The predicted molar refractivity (Wildman–Crippen MR) is 119 cm³/mol. The molecule has 31 heavy (non-hydrogen) atoms. The molecule has 0 bridgehead atoms. The van der Waals surface area contributed by atoms with E-state index in [9.17, 15) is 18.0 Å². The van der Waals surface area contributed by atoms with E-state index in [2.05, 4.69) is 0 Å². The summed E-state index contributed by atoms with van der Waals surface area (Å²) in [5.41, 5.74) is 0.0605. The normalized spacial score (nSPS) is 23.3. The topological polar surface area (TPSA) is 84.0 Å². The lowest BCUT2D eigenvalue weighted by Gasteiger charge is -2.38. The zero-order valence-electron chi connectivity index (χ0n) is 18.2. The van der Waals surface area contributed by atoms with Crippen LogP contribution in [0.25, 0.3) is 0 Å². The Hall–Kier alpha value is -1.64. The molecule has 2 aliphatic heterocycles. The van der Waals surface area contributed by atoms with Crippen LogP contribution < -0.4 is 0 Å². The van der Waals surface area contributed by atoms with Crippen LogP contribution in [0.15, 0.2) is 23.1 Å². The Bertz CT molecular complexity index is 902. The first-order chi connectivity index (χ1) is 14.7. The molecule has 2 atom stereocenters. The third-order valence-electron chi connectivity index (χ3n) is 6.16. The van der Waals surface area contributed by atoms with Crippen molar-refractivity contribution in [3.05, 3.63) is 28.8 Å². The van der Waals surface area contributed by atoms with Gasteiger partial charge in [0.1, 0.15) is 4.90 Å². The molecule has 7 nitrogen and oxygen atoms in total. The van der Waals surface area contributed by atoms with Crippen LogP contribution in [-0.4, -0.2) is 61.3 Å². The summed E-state index contributed by atoms with van der Waals surface area (Å²) in [6, 6.07) is 4.27. The first-order valence-electron chi connectivity index (χ1n) is 11.0. The number of halogens is 1. The third-order valence-corrected chi connectivity index (χ3v) is 8.54. The lowest BCUT2D eigenvalue weighted by Crippen LogP contribution is -2.49. The molecule has 0 N–H and O–H groups in total. The van der Waals surface area contributed by atoms with Gasteiger partial charge in [-0.25, -0.2) is 13.2 Å². The van der Waals surface area contributed by atoms with E-state index in [1.165, 1.54) is 22.5 Å². The van der Waals surface area contributed by atoms with Crippen molar-refractivity contribution in [2.45, 2.75) is 75.8 Å². The molecule has 0 radical (unpaired) electrons. The number of ether oxygens (including phenoxy) is 1. The summed E-state index contributed by atoms with van der Waals surface area (Å²) in [5, 5.41) is 0.0628. The maximum atomic E-state index is 13.1. The second-order valence-corrected chi connectivity index (χ2v) is 10.8. The van der Waals surface area contributed by atoms with Gasteiger partial charge in [0.15, 0.2) is 6.61 Å². The van der Waals surface area contributed by atoms with Crippen molar-refractivity contribution in [1.29, 1.82) is 0 Å². The van der Waals surface area contributed by atoms with E-state index in [1.807, 2.05) is 13.8 Å². The molecule has 2 fully saturated rings. The number of nitrogens with zero attached hydrogens (tertiary/aromatic N) is 2. The van der Waals surface area contributed by atoms with Gasteiger partial charge in [0, 0.05) is 25.2 Å². The van der Waals surface area contributed by atoms with Gasteiger partial charge in [0.2, 0.25) is 10.0 Å². The SMILES string of the molecule is C[C@@H]1CCC[C@@H](C)N1C(=O)COC(=O)c1ccc(Cl)c(S(=O)(=O)N2CCCCCC2)c1. The zero-order valence-corrected chi connectivity index (χ0v) is 19.8. The van der Waals surface area contributed by atoms with Gasteiger partial charge in [0.25, 0.3) is 5.91 Å². The summed E-state index contributed by atoms with van der Waals surface area (Å²) in [6.07, 6.45) is 6.52. The molecule has 172 valence electrons. The number of rotatable bonds is 5. The highest BCUT2D eigenvalue weighted by Gasteiger charge is 2.31. The average Bonchev–Trinajstić information content (AvgIpc) is 3.02. The van der Waals surface area contributed by atoms with Gasteiger partial charge in [-0.1, -0.05) is 24.4 Å². The van der Waals surface area contributed by atoms with Crippen molar-refractivity contribution in [3.63, 3.8) is 0 Å². The van der Waals surface area contributed by atoms with Gasteiger partial charge in [-0.3, -0.25) is 4.79 Å². The number of carbonyl (C=O) groups is 2. The van der Waals surface area contributed by atoms with Crippen LogP contribution in [-0.2, 0) is 19.6 Å². The number of hydrogen-bond donors (Lipinski definition) is 0. The number of sulfonamides is 1. The minimum Gasteiger partial charge on any atom is -0.452 e. The molecule has 2 saturated heterocycles. The smallest absolute Gasteiger partial charge is 0.338 e. The molecule has 1 aromatic rings. The van der Waals surface area contributed by atoms with E-state index in [1.54, 1.807) is 4.90 Å². The maximum Gasteiger partial charge on any atom is 0.338 e. The fraction of sp³-hybridized carbons (Fsp3) is 0.636. The van der Waals surface area contributed by atoms with E-state index in [0.717, 1.165) is 44.9 Å². The quantitative estimate of drug-likeness (QED) is 0.610. The molecule has 3 rings (SSSR count). The van der Waals surface area contributed by atoms with E-state index >= 15 is 0 Å². The zero-order chi connectivity index (χ0) is 22.6. The molecular weight excluding hydrogens is 440 g/mol. The number of piperidine rings is 1. The Balaban J connectivity index is 1.71. The maximum absolute atomic E-state index is 13.1. The Morgan fingerprint density at radius 3 is 2.26 bits per heavy atom. The molecule has 0 unspecified atom stereocenters. The molecule has 2 aliphatic rings. The molecular formula is C22H31ClN2O5S. The summed E-state index contributed by atoms with van der Waals surface area (Å²) in [7, 11) is -3.82. The summed E-state index contributed by atoms with van der Waals surface area (Å²) in [4.78, 5) is 26.8. The summed E-state index contributed by atoms with van der Waals surface area (Å²) < 4.78 is 32.9. The molecule has 0 spiro atoms. The highest BCUT2D eigenvalue weighted by Crippen LogP contribution is 2.28. The van der Waals surface area contributed by atoms with E-state index in [4.69, 9.17) is 16.3 Å². The Morgan fingerprint density at radius 1 is 1.03 bits per heavy atom. The summed E-state index contributed by atoms with van der Waals surface area (Å²) >= 11 is 6.19. The van der Waals surface area contributed by atoms with E-state index in [-0.39, 0.29) is 40.1 Å². The van der Waals surface area contributed by atoms with Gasteiger partial charge >= 0.3 is 5.97 Å². The fourth-order valence-electron chi connectivity index (χ4n) is 4.45. The number of carbonyl (C=O) groups excluding carboxylic acids is 2. The number of hydrogen-bond acceptors (Lipinski definition) is 5. The van der Waals surface area contributed by atoms with Gasteiger partial charge in [-0.05, 0) is 64.2 Å². The number of esters is 1. The average molecular weight is 471 g/mol. The highest BCUT2D eigenvalue weighted by molar-refractivity contribution is 7.89. The minimum absolute atomic E-state index is 0.0605. The van der Waals surface area contributed by atoms with Gasteiger partial charge < -0.3 is 9.64 Å². The molecule has 1 amide bonds. The van der Waals surface area contributed by atoms with Gasteiger partial charge in [-0.2, -0.15) is 4.31 Å². The summed E-state index contributed by atoms with van der Waals surface area (Å²) in [5.74, 6) is -0.978. The minimum atomic E-state index is -3.82. The van der Waals surface area contributed by atoms with Crippen LogP contribution in [0.4, 0.5) is 0 Å². The third kappa shape index (κ3) is 5.59. The van der Waals surface area contributed by atoms with Crippen LogP contribution in [0, 0.1) is 0 Å². The van der Waals surface area contributed by atoms with E-state index < -0.39 is 16.0 Å². The number of amides is 1. The van der Waals surface area contributed by atoms with Gasteiger partial charge in [-0.15, -0.1) is 0 Å². The fourth-order valence-corrected chi connectivity index (χ4v) is 6.46. The molecule has 0 aliphatic carbocycles. The van der Waals surface area contributed by atoms with Crippen molar-refractivity contribution >= 4 is 33.5 Å².